The first-order chi connectivity index (χ1) is 15.1. The number of hydrogen-bond donors (Lipinski definition) is 2. The highest BCUT2D eigenvalue weighted by atomic mass is 16.5. The van der Waals surface area contributed by atoms with Crippen molar-refractivity contribution in [1.29, 1.82) is 0 Å². The van der Waals surface area contributed by atoms with Crippen molar-refractivity contribution in [1.82, 2.24) is 5.01 Å². The number of anilines is 1. The van der Waals surface area contributed by atoms with Crippen LogP contribution in [-0.4, -0.2) is 36.1 Å². The van der Waals surface area contributed by atoms with Crippen molar-refractivity contribution in [3.63, 3.8) is 0 Å². The number of phenols is 1. The van der Waals surface area contributed by atoms with Crippen molar-refractivity contribution in [3.8, 4) is 17.2 Å². The molecule has 0 fully saturated rings. The number of ether oxygens (including phenoxy) is 2. The molecule has 0 saturated heterocycles. The third-order valence-electron chi connectivity index (χ3n) is 4.73. The van der Waals surface area contributed by atoms with E-state index in [-0.39, 0.29) is 17.4 Å². The van der Waals surface area contributed by atoms with Crippen molar-refractivity contribution in [3.05, 3.63) is 89.6 Å². The molecule has 0 saturated carbocycles. The lowest BCUT2D eigenvalue weighted by atomic mass is 10.1. The molecule has 156 valence electrons. The van der Waals surface area contributed by atoms with Gasteiger partial charge in [-0.3, -0.25) is 10.2 Å². The predicted molar refractivity (Wildman–Crippen MR) is 119 cm³/mol. The minimum Gasteiger partial charge on any atom is -0.504 e. The van der Waals surface area contributed by atoms with Crippen LogP contribution in [0, 0.1) is 0 Å². The highest BCUT2D eigenvalue weighted by Gasteiger charge is 2.31. The molecule has 0 bridgehead atoms. The molecular formula is C24H21N3O4. The molecule has 0 unspecified atom stereocenters. The van der Waals surface area contributed by atoms with Crippen LogP contribution in [0.1, 0.15) is 11.1 Å². The fraction of sp³-hybridized carbons (Fsp3) is 0.0833. The zero-order valence-electron chi connectivity index (χ0n) is 17.1. The minimum absolute atomic E-state index is 0.0265. The van der Waals surface area contributed by atoms with Crippen molar-refractivity contribution in [2.75, 3.05) is 19.6 Å². The van der Waals surface area contributed by atoms with E-state index < -0.39 is 0 Å². The van der Waals surface area contributed by atoms with Crippen LogP contribution >= 0.6 is 0 Å². The summed E-state index contributed by atoms with van der Waals surface area (Å²) in [5.41, 5.74) is 5.58. The standard InChI is InChI=1S/C24H21N3O4/c1-30-19-11-9-18(10-12-19)26-27-23(17-6-4-3-5-7-17)25-20(24(27)29)14-16-8-13-21(28)22(15-16)31-2/h3-15,26,28H,1-2H3. The van der Waals surface area contributed by atoms with Gasteiger partial charge in [0.15, 0.2) is 17.3 Å². The Labute approximate surface area is 179 Å². The molecule has 7 heteroatoms. The summed E-state index contributed by atoms with van der Waals surface area (Å²) in [4.78, 5) is 17.8. The van der Waals surface area contributed by atoms with E-state index in [0.717, 1.165) is 11.3 Å². The number of amides is 1. The van der Waals surface area contributed by atoms with Crippen LogP contribution in [0.25, 0.3) is 6.08 Å². The number of rotatable bonds is 6. The average Bonchev–Trinajstić information content (AvgIpc) is 3.11. The first kappa shape index (κ1) is 20.0. The third kappa shape index (κ3) is 4.20. The summed E-state index contributed by atoms with van der Waals surface area (Å²) in [7, 11) is 3.07. The maximum atomic E-state index is 13.2. The number of aromatic hydroxyl groups is 1. The predicted octanol–water partition coefficient (Wildman–Crippen LogP) is 4.07. The molecule has 0 radical (unpaired) electrons. The number of carbonyl (C=O) groups is 1. The molecule has 4 rings (SSSR count). The van der Waals surface area contributed by atoms with Gasteiger partial charge in [-0.15, -0.1) is 0 Å². The van der Waals surface area contributed by atoms with Gasteiger partial charge in [0.05, 0.1) is 19.9 Å². The summed E-state index contributed by atoms with van der Waals surface area (Å²) in [6.45, 7) is 0. The molecular weight excluding hydrogens is 394 g/mol. The first-order valence-electron chi connectivity index (χ1n) is 9.57. The van der Waals surface area contributed by atoms with Gasteiger partial charge in [0.1, 0.15) is 11.4 Å². The van der Waals surface area contributed by atoms with Crippen LogP contribution in [0.3, 0.4) is 0 Å². The largest absolute Gasteiger partial charge is 0.504 e. The van der Waals surface area contributed by atoms with E-state index in [2.05, 4.69) is 10.4 Å². The van der Waals surface area contributed by atoms with Crippen LogP contribution in [0.4, 0.5) is 5.69 Å². The second-order valence-corrected chi connectivity index (χ2v) is 6.74. The Bertz CT molecular complexity index is 1160. The zero-order valence-corrected chi connectivity index (χ0v) is 17.1. The number of phenolic OH excluding ortho intramolecular Hbond substituents is 1. The Morgan fingerprint density at radius 2 is 1.71 bits per heavy atom. The fourth-order valence-corrected chi connectivity index (χ4v) is 3.14. The molecule has 1 aliphatic rings. The lowest BCUT2D eigenvalue weighted by Gasteiger charge is -2.20. The number of hydrogen-bond acceptors (Lipinski definition) is 6. The summed E-state index contributed by atoms with van der Waals surface area (Å²) in [6, 6.07) is 21.6. The zero-order chi connectivity index (χ0) is 21.8. The molecule has 2 N–H and O–H groups in total. The number of hydrazine groups is 1. The number of methoxy groups -OCH3 is 2. The molecule has 31 heavy (non-hydrogen) atoms. The molecule has 1 heterocycles. The van der Waals surface area contributed by atoms with Gasteiger partial charge in [0.2, 0.25) is 0 Å². The van der Waals surface area contributed by atoms with E-state index >= 15 is 0 Å². The highest BCUT2D eigenvalue weighted by Crippen LogP contribution is 2.29. The Balaban J connectivity index is 1.71. The Hall–Kier alpha value is -4.26. The van der Waals surface area contributed by atoms with E-state index in [1.54, 1.807) is 25.3 Å². The first-order valence-corrected chi connectivity index (χ1v) is 9.57. The minimum atomic E-state index is -0.304. The third-order valence-corrected chi connectivity index (χ3v) is 4.73. The number of benzene rings is 3. The van der Waals surface area contributed by atoms with Crippen molar-refractivity contribution in [2.45, 2.75) is 0 Å². The molecule has 0 aromatic heterocycles. The van der Waals surface area contributed by atoms with E-state index in [1.165, 1.54) is 18.2 Å². The normalized spacial score (nSPS) is 14.5. The molecule has 1 amide bonds. The van der Waals surface area contributed by atoms with Gasteiger partial charge in [0.25, 0.3) is 5.91 Å². The SMILES string of the molecule is COc1ccc(NN2C(=O)C(=Cc3ccc(O)c(OC)c3)N=C2c2ccccc2)cc1. The van der Waals surface area contributed by atoms with Crippen LogP contribution in [0.15, 0.2) is 83.5 Å². The maximum absolute atomic E-state index is 13.2. The van der Waals surface area contributed by atoms with Crippen LogP contribution < -0.4 is 14.9 Å². The van der Waals surface area contributed by atoms with Gasteiger partial charge >= 0.3 is 0 Å². The van der Waals surface area contributed by atoms with Gasteiger partial charge in [-0.25, -0.2) is 4.99 Å². The van der Waals surface area contributed by atoms with Crippen LogP contribution in [0.5, 0.6) is 17.2 Å². The van der Waals surface area contributed by atoms with Crippen molar-refractivity contribution < 1.29 is 19.4 Å². The fourth-order valence-electron chi connectivity index (χ4n) is 3.14. The molecule has 3 aromatic carbocycles. The smallest absolute Gasteiger partial charge is 0.297 e. The van der Waals surface area contributed by atoms with Gasteiger partial charge in [-0.05, 0) is 48.0 Å². The van der Waals surface area contributed by atoms with Crippen LogP contribution in [0.2, 0.25) is 0 Å². The molecule has 0 aliphatic carbocycles. The van der Waals surface area contributed by atoms with Gasteiger partial charge in [0, 0.05) is 5.56 Å². The van der Waals surface area contributed by atoms with E-state index in [9.17, 15) is 9.90 Å². The second-order valence-electron chi connectivity index (χ2n) is 6.74. The molecule has 7 nitrogen and oxygen atoms in total. The van der Waals surface area contributed by atoms with Crippen molar-refractivity contribution >= 4 is 23.5 Å². The summed E-state index contributed by atoms with van der Waals surface area (Å²) in [5, 5.41) is 11.2. The van der Waals surface area contributed by atoms with Gasteiger partial charge < -0.3 is 14.6 Å². The number of nitrogens with one attached hydrogen (secondary N) is 1. The Morgan fingerprint density at radius 1 is 0.968 bits per heavy atom. The second kappa shape index (κ2) is 8.62. The van der Waals surface area contributed by atoms with Crippen LogP contribution in [-0.2, 0) is 4.79 Å². The number of carbonyl (C=O) groups excluding carboxylic acids is 1. The summed E-state index contributed by atoms with van der Waals surface area (Å²) in [5.74, 6) is 1.25. The highest BCUT2D eigenvalue weighted by molar-refractivity contribution is 6.20. The summed E-state index contributed by atoms with van der Waals surface area (Å²) in [6.07, 6.45) is 1.66. The summed E-state index contributed by atoms with van der Waals surface area (Å²) >= 11 is 0. The van der Waals surface area contributed by atoms with Crippen molar-refractivity contribution in [2.24, 2.45) is 4.99 Å². The molecule has 0 atom stereocenters. The molecule has 0 spiro atoms. The monoisotopic (exact) mass is 415 g/mol. The van der Waals surface area contributed by atoms with E-state index in [0.29, 0.717) is 22.8 Å². The van der Waals surface area contributed by atoms with E-state index in [4.69, 9.17) is 9.47 Å². The molecule has 3 aromatic rings. The number of aliphatic imine (C=N–C) groups is 1. The number of nitrogens with zero attached hydrogens (tertiary/aromatic N) is 2. The lowest BCUT2D eigenvalue weighted by molar-refractivity contribution is -0.121. The van der Waals surface area contributed by atoms with Gasteiger partial charge in [-0.2, -0.15) is 5.01 Å². The topological polar surface area (TPSA) is 83.4 Å². The molecule has 1 aliphatic heterocycles. The summed E-state index contributed by atoms with van der Waals surface area (Å²) < 4.78 is 10.3. The Morgan fingerprint density at radius 3 is 2.39 bits per heavy atom. The average molecular weight is 415 g/mol. The van der Waals surface area contributed by atoms with Gasteiger partial charge in [-0.1, -0.05) is 36.4 Å². The number of amidine groups is 1. The maximum Gasteiger partial charge on any atom is 0.297 e. The lowest BCUT2D eigenvalue weighted by Crippen LogP contribution is -2.37. The Kier molecular flexibility index (Phi) is 5.57. The quantitative estimate of drug-likeness (QED) is 0.593. The van der Waals surface area contributed by atoms with E-state index in [1.807, 2.05) is 54.6 Å².